The summed E-state index contributed by atoms with van der Waals surface area (Å²) >= 11 is 6.22. The predicted octanol–water partition coefficient (Wildman–Crippen LogP) is 3.90. The quantitative estimate of drug-likeness (QED) is 0.461. The maximum Gasteiger partial charge on any atom is 0.212 e. The lowest BCUT2D eigenvalue weighted by molar-refractivity contribution is 0.414. The number of hydrogen-bond acceptors (Lipinski definition) is 3. The van der Waals surface area contributed by atoms with E-state index in [4.69, 9.17) is 22.1 Å². The van der Waals surface area contributed by atoms with Gasteiger partial charge in [0.05, 0.1) is 24.4 Å². The summed E-state index contributed by atoms with van der Waals surface area (Å²) in [6.07, 6.45) is 4.72. The fourth-order valence-corrected chi connectivity index (χ4v) is 3.06. The van der Waals surface area contributed by atoms with E-state index in [-0.39, 0.29) is 5.92 Å². The van der Waals surface area contributed by atoms with Crippen molar-refractivity contribution in [3.8, 4) is 5.75 Å². The predicted molar refractivity (Wildman–Crippen MR) is 101 cm³/mol. The second kappa shape index (κ2) is 8.92. The highest BCUT2D eigenvalue weighted by Crippen LogP contribution is 2.32. The molecule has 0 aromatic heterocycles. The van der Waals surface area contributed by atoms with E-state index in [0.29, 0.717) is 16.7 Å². The van der Waals surface area contributed by atoms with Crippen molar-refractivity contribution in [2.75, 3.05) is 20.2 Å². The first-order valence-corrected chi connectivity index (χ1v) is 8.95. The molecule has 1 aliphatic heterocycles. The smallest absolute Gasteiger partial charge is 0.212 e. The van der Waals surface area contributed by atoms with E-state index in [1.165, 1.54) is 19.3 Å². The zero-order valence-electron chi connectivity index (χ0n) is 14.8. The lowest BCUT2D eigenvalue weighted by Gasteiger charge is -2.13. The Morgan fingerprint density at radius 3 is 2.92 bits per heavy atom. The van der Waals surface area contributed by atoms with Gasteiger partial charge in [-0.25, -0.2) is 5.01 Å². The summed E-state index contributed by atoms with van der Waals surface area (Å²) in [5.41, 5.74) is 7.95. The third-order valence-electron chi connectivity index (χ3n) is 4.14. The summed E-state index contributed by atoms with van der Waals surface area (Å²) in [5, 5.41) is 7.02. The molecule has 132 valence electrons. The standard InChI is InChI=1S/C18H27ClN4O/c1-4-5-6-7-11-21-18(20)23-12-13(2)16(22-23)14-9-8-10-15(19)17(14)24-3/h8-10,13H,4-7,11-12H2,1-3H3,(H2,20,21). The Labute approximate surface area is 149 Å². The van der Waals surface area contributed by atoms with Gasteiger partial charge in [-0.2, -0.15) is 5.10 Å². The molecule has 0 aliphatic carbocycles. The number of hydrogen-bond donors (Lipinski definition) is 1. The minimum absolute atomic E-state index is 0.228. The lowest BCUT2D eigenvalue weighted by atomic mass is 9.98. The molecule has 0 amide bonds. The van der Waals surface area contributed by atoms with Crippen molar-refractivity contribution in [1.82, 2.24) is 5.01 Å². The van der Waals surface area contributed by atoms with Gasteiger partial charge in [-0.1, -0.05) is 50.8 Å². The number of halogens is 1. The second-order valence-electron chi connectivity index (χ2n) is 6.09. The first-order valence-electron chi connectivity index (χ1n) is 8.57. The van der Waals surface area contributed by atoms with Crippen LogP contribution in [0, 0.1) is 5.92 Å². The SMILES string of the molecule is CCCCCCN=C(N)N1CC(C)C(c2cccc(Cl)c2OC)=N1. The monoisotopic (exact) mass is 350 g/mol. The van der Waals surface area contributed by atoms with Crippen molar-refractivity contribution in [3.63, 3.8) is 0 Å². The number of benzene rings is 1. The average molecular weight is 351 g/mol. The van der Waals surface area contributed by atoms with E-state index >= 15 is 0 Å². The second-order valence-corrected chi connectivity index (χ2v) is 6.50. The van der Waals surface area contributed by atoms with E-state index in [1.807, 2.05) is 18.2 Å². The number of rotatable bonds is 7. The van der Waals surface area contributed by atoms with Crippen molar-refractivity contribution < 1.29 is 4.74 Å². The highest BCUT2D eigenvalue weighted by Gasteiger charge is 2.28. The van der Waals surface area contributed by atoms with Crippen LogP contribution in [-0.2, 0) is 0 Å². The lowest BCUT2D eigenvalue weighted by Crippen LogP contribution is -2.33. The number of nitrogens with zero attached hydrogens (tertiary/aromatic N) is 3. The Bertz CT molecular complexity index is 615. The molecule has 0 bridgehead atoms. The van der Waals surface area contributed by atoms with Gasteiger partial charge in [-0.05, 0) is 18.6 Å². The number of unbranched alkanes of at least 4 members (excludes halogenated alkanes) is 3. The first-order chi connectivity index (χ1) is 11.6. The first kappa shape index (κ1) is 18.6. The molecule has 0 radical (unpaired) electrons. The van der Waals surface area contributed by atoms with Crippen molar-refractivity contribution in [3.05, 3.63) is 28.8 Å². The van der Waals surface area contributed by atoms with Gasteiger partial charge in [-0.15, -0.1) is 0 Å². The summed E-state index contributed by atoms with van der Waals surface area (Å²) in [5.74, 6) is 1.36. The van der Waals surface area contributed by atoms with Crippen molar-refractivity contribution in [2.45, 2.75) is 39.5 Å². The molecule has 6 heteroatoms. The molecule has 0 saturated carbocycles. The molecule has 1 heterocycles. The van der Waals surface area contributed by atoms with Crippen LogP contribution in [0.2, 0.25) is 5.02 Å². The van der Waals surface area contributed by atoms with Crippen LogP contribution in [0.1, 0.15) is 45.1 Å². The van der Waals surface area contributed by atoms with E-state index < -0.39 is 0 Å². The van der Waals surface area contributed by atoms with E-state index in [0.717, 1.165) is 30.8 Å². The Morgan fingerprint density at radius 1 is 1.42 bits per heavy atom. The average Bonchev–Trinajstić information content (AvgIpc) is 2.96. The summed E-state index contributed by atoms with van der Waals surface area (Å²) in [4.78, 5) is 4.46. The molecule has 2 rings (SSSR count). The number of aliphatic imine (C=N–C) groups is 1. The number of methoxy groups -OCH3 is 1. The summed E-state index contributed by atoms with van der Waals surface area (Å²) in [6.45, 7) is 5.79. The van der Waals surface area contributed by atoms with Crippen LogP contribution in [0.25, 0.3) is 0 Å². The van der Waals surface area contributed by atoms with Crippen LogP contribution < -0.4 is 10.5 Å². The number of nitrogens with two attached hydrogens (primary N) is 1. The van der Waals surface area contributed by atoms with Crippen LogP contribution in [0.5, 0.6) is 5.75 Å². The molecule has 5 nitrogen and oxygen atoms in total. The minimum Gasteiger partial charge on any atom is -0.494 e. The van der Waals surface area contributed by atoms with Crippen LogP contribution in [0.3, 0.4) is 0 Å². The molecule has 1 unspecified atom stereocenters. The van der Waals surface area contributed by atoms with E-state index in [9.17, 15) is 0 Å². The largest absolute Gasteiger partial charge is 0.494 e. The Morgan fingerprint density at radius 2 is 2.21 bits per heavy atom. The zero-order valence-corrected chi connectivity index (χ0v) is 15.5. The third kappa shape index (κ3) is 4.41. The van der Waals surface area contributed by atoms with Gasteiger partial charge in [0.15, 0.2) is 0 Å². The van der Waals surface area contributed by atoms with Crippen LogP contribution >= 0.6 is 11.6 Å². The molecular formula is C18H27ClN4O. The summed E-state index contributed by atoms with van der Waals surface area (Å²) < 4.78 is 5.44. The molecular weight excluding hydrogens is 324 g/mol. The molecule has 1 aliphatic rings. The van der Waals surface area contributed by atoms with Gasteiger partial charge in [0.25, 0.3) is 0 Å². The normalized spacial score (nSPS) is 18.0. The number of hydrazone groups is 1. The number of ether oxygens (including phenoxy) is 1. The number of guanidine groups is 1. The summed E-state index contributed by atoms with van der Waals surface area (Å²) in [7, 11) is 1.62. The van der Waals surface area contributed by atoms with Gasteiger partial charge in [-0.3, -0.25) is 4.99 Å². The highest BCUT2D eigenvalue weighted by molar-refractivity contribution is 6.32. The zero-order chi connectivity index (χ0) is 17.5. The van der Waals surface area contributed by atoms with Gasteiger partial charge in [0.2, 0.25) is 5.96 Å². The fourth-order valence-electron chi connectivity index (χ4n) is 2.81. The van der Waals surface area contributed by atoms with Gasteiger partial charge in [0.1, 0.15) is 5.75 Å². The molecule has 1 aromatic carbocycles. The molecule has 0 fully saturated rings. The van der Waals surface area contributed by atoms with Gasteiger partial charge in [0, 0.05) is 18.0 Å². The van der Waals surface area contributed by atoms with Crippen molar-refractivity contribution in [2.24, 2.45) is 21.7 Å². The number of para-hydroxylation sites is 1. The maximum atomic E-state index is 6.22. The molecule has 1 atom stereocenters. The Balaban J connectivity index is 2.11. The molecule has 2 N–H and O–H groups in total. The van der Waals surface area contributed by atoms with Crippen LogP contribution in [-0.4, -0.2) is 36.9 Å². The van der Waals surface area contributed by atoms with E-state index in [1.54, 1.807) is 12.1 Å². The maximum absolute atomic E-state index is 6.22. The third-order valence-corrected chi connectivity index (χ3v) is 4.44. The summed E-state index contributed by atoms with van der Waals surface area (Å²) in [6, 6.07) is 5.69. The topological polar surface area (TPSA) is 63.2 Å². The minimum atomic E-state index is 0.228. The van der Waals surface area contributed by atoms with Crippen molar-refractivity contribution >= 4 is 23.3 Å². The van der Waals surface area contributed by atoms with E-state index in [2.05, 4.69) is 23.9 Å². The van der Waals surface area contributed by atoms with Gasteiger partial charge < -0.3 is 10.5 Å². The highest BCUT2D eigenvalue weighted by atomic mass is 35.5. The Kier molecular flexibility index (Phi) is 6.91. The van der Waals surface area contributed by atoms with Crippen LogP contribution in [0.15, 0.2) is 28.3 Å². The molecule has 1 aromatic rings. The van der Waals surface area contributed by atoms with Crippen molar-refractivity contribution in [1.29, 1.82) is 0 Å². The van der Waals surface area contributed by atoms with Gasteiger partial charge >= 0.3 is 0 Å². The molecule has 0 spiro atoms. The Hall–Kier alpha value is -1.75. The fraction of sp³-hybridized carbons (Fsp3) is 0.556. The molecule has 24 heavy (non-hydrogen) atoms. The van der Waals surface area contributed by atoms with Crippen LogP contribution in [0.4, 0.5) is 0 Å². The molecule has 0 saturated heterocycles.